The van der Waals surface area contributed by atoms with Gasteiger partial charge in [-0.1, -0.05) is 6.58 Å². The molecule has 0 spiro atoms. The van der Waals surface area contributed by atoms with E-state index in [1.807, 2.05) is 0 Å². The highest BCUT2D eigenvalue weighted by atomic mass is 32.2. The lowest BCUT2D eigenvalue weighted by Gasteiger charge is -2.16. The number of hydrogen-bond donors (Lipinski definition) is 3. The first-order valence-electron chi connectivity index (χ1n) is 6.64. The number of fused-ring (bicyclic) bond motifs is 1. The lowest BCUT2D eigenvalue weighted by molar-refractivity contribution is -0.0291. The lowest BCUT2D eigenvalue weighted by atomic mass is 10.1. The molecule has 23 heavy (non-hydrogen) atoms. The fraction of sp³-hybridized carbons (Fsp3) is 0.417. The van der Waals surface area contributed by atoms with Crippen LogP contribution in [0, 0.1) is 0 Å². The number of ether oxygens (including phenoxy) is 1. The number of hydrogen-bond acceptors (Lipinski definition) is 9. The first-order valence-corrected chi connectivity index (χ1v) is 8.35. The topological polar surface area (TPSA) is 153 Å². The molecule has 11 heteroatoms. The zero-order valence-electron chi connectivity index (χ0n) is 11.8. The Morgan fingerprint density at radius 3 is 2.78 bits per heavy atom. The Labute approximate surface area is 131 Å². The van der Waals surface area contributed by atoms with Crippen LogP contribution in [0.25, 0.3) is 11.2 Å². The van der Waals surface area contributed by atoms with E-state index in [-0.39, 0.29) is 5.82 Å². The molecule has 3 rings (SSSR count). The summed E-state index contributed by atoms with van der Waals surface area (Å²) in [6.45, 7) is 3.20. The van der Waals surface area contributed by atoms with Crippen LogP contribution in [0.15, 0.2) is 24.6 Å². The minimum atomic E-state index is -3.60. The molecule has 1 fully saturated rings. The van der Waals surface area contributed by atoms with Gasteiger partial charge in [-0.2, -0.15) is 0 Å². The summed E-state index contributed by atoms with van der Waals surface area (Å²) in [5.74, 6) is -0.331. The van der Waals surface area contributed by atoms with Gasteiger partial charge in [0.1, 0.15) is 30.2 Å². The summed E-state index contributed by atoms with van der Waals surface area (Å²) in [5.41, 5.74) is 6.31. The van der Waals surface area contributed by atoms with Gasteiger partial charge in [0.05, 0.1) is 12.1 Å². The molecule has 0 radical (unpaired) electrons. The summed E-state index contributed by atoms with van der Waals surface area (Å²) in [4.78, 5) is 11.9. The standard InChI is InChI=1S/C12H15N5O5S/c1-2-23(20,21)3-6-8(18)9(19)12(22-6)17-5-16-7-10(13)14-4-15-11(7)17/h2,4-6,8-9,12,18-19H,1,3H2,(H2,13,14,15)/t6-,8+,9+,12-/m1/s1. The van der Waals surface area contributed by atoms with Crippen molar-refractivity contribution in [1.29, 1.82) is 0 Å². The maximum absolute atomic E-state index is 11.6. The van der Waals surface area contributed by atoms with Crippen molar-refractivity contribution >= 4 is 26.8 Å². The highest BCUT2D eigenvalue weighted by Crippen LogP contribution is 2.32. The van der Waals surface area contributed by atoms with Crippen LogP contribution in [0.2, 0.25) is 0 Å². The molecule has 4 N–H and O–H groups in total. The Bertz CT molecular complexity index is 851. The monoisotopic (exact) mass is 341 g/mol. The minimum Gasteiger partial charge on any atom is -0.387 e. The SMILES string of the molecule is C=CS(=O)(=O)C[C@H]1O[C@@H](n2cnc3c(N)ncnc32)[C@@H](O)[C@H]1O. The Balaban J connectivity index is 1.94. The third-order valence-electron chi connectivity index (χ3n) is 3.65. The molecule has 0 aromatic carbocycles. The summed E-state index contributed by atoms with van der Waals surface area (Å²) in [7, 11) is -3.60. The van der Waals surface area contributed by atoms with Crippen LogP contribution in [-0.4, -0.2) is 62.2 Å². The summed E-state index contributed by atoms with van der Waals surface area (Å²) >= 11 is 0. The van der Waals surface area contributed by atoms with Gasteiger partial charge in [-0.15, -0.1) is 0 Å². The van der Waals surface area contributed by atoms with Crippen LogP contribution in [0.4, 0.5) is 5.82 Å². The normalized spacial score (nSPS) is 28.3. The quantitative estimate of drug-likeness (QED) is 0.608. The molecule has 1 saturated heterocycles. The number of nitrogens with two attached hydrogens (primary N) is 1. The molecule has 0 bridgehead atoms. The number of anilines is 1. The minimum absolute atomic E-state index is 0.160. The van der Waals surface area contributed by atoms with E-state index in [0.29, 0.717) is 11.2 Å². The molecular weight excluding hydrogens is 326 g/mol. The zero-order chi connectivity index (χ0) is 16.8. The summed E-state index contributed by atoms with van der Waals surface area (Å²) in [5, 5.41) is 21.0. The second kappa shape index (κ2) is 5.53. The molecule has 1 aliphatic heterocycles. The maximum Gasteiger partial charge on any atom is 0.173 e. The van der Waals surface area contributed by atoms with Gasteiger partial charge < -0.3 is 20.7 Å². The zero-order valence-corrected chi connectivity index (χ0v) is 12.7. The van der Waals surface area contributed by atoms with Crippen LogP contribution < -0.4 is 5.73 Å². The average molecular weight is 341 g/mol. The Morgan fingerprint density at radius 2 is 2.09 bits per heavy atom. The van der Waals surface area contributed by atoms with Gasteiger partial charge >= 0.3 is 0 Å². The van der Waals surface area contributed by atoms with Crippen molar-refractivity contribution in [2.45, 2.75) is 24.5 Å². The second-order valence-electron chi connectivity index (χ2n) is 5.13. The molecule has 1 aliphatic rings. The number of sulfone groups is 1. The molecule has 2 aromatic rings. The number of aliphatic hydroxyl groups is 2. The van der Waals surface area contributed by atoms with E-state index < -0.39 is 40.1 Å². The highest BCUT2D eigenvalue weighted by molar-refractivity contribution is 7.94. The summed E-state index contributed by atoms with van der Waals surface area (Å²) in [6, 6.07) is 0. The van der Waals surface area contributed by atoms with Gasteiger partial charge in [0.15, 0.2) is 27.5 Å². The average Bonchev–Trinajstić information content (AvgIpc) is 3.05. The summed E-state index contributed by atoms with van der Waals surface area (Å²) < 4.78 is 30.1. The number of imidazole rings is 1. The molecule has 0 unspecified atom stereocenters. The third kappa shape index (κ3) is 2.67. The number of aromatic nitrogens is 4. The van der Waals surface area contributed by atoms with Crippen LogP contribution >= 0.6 is 0 Å². The highest BCUT2D eigenvalue weighted by Gasteiger charge is 2.45. The molecule has 0 amide bonds. The largest absolute Gasteiger partial charge is 0.387 e. The number of rotatable bonds is 4. The van der Waals surface area contributed by atoms with Crippen molar-refractivity contribution < 1.29 is 23.4 Å². The van der Waals surface area contributed by atoms with Crippen LogP contribution in [0.3, 0.4) is 0 Å². The van der Waals surface area contributed by atoms with E-state index >= 15 is 0 Å². The molecule has 124 valence electrons. The van der Waals surface area contributed by atoms with E-state index in [4.69, 9.17) is 10.5 Å². The van der Waals surface area contributed by atoms with Gasteiger partial charge in [-0.3, -0.25) is 4.57 Å². The third-order valence-corrected chi connectivity index (χ3v) is 4.95. The molecule has 10 nitrogen and oxygen atoms in total. The van der Waals surface area contributed by atoms with Crippen LogP contribution in [0.5, 0.6) is 0 Å². The van der Waals surface area contributed by atoms with Crippen molar-refractivity contribution in [3.8, 4) is 0 Å². The van der Waals surface area contributed by atoms with Crippen LogP contribution in [0.1, 0.15) is 6.23 Å². The van der Waals surface area contributed by atoms with E-state index in [9.17, 15) is 18.6 Å². The number of aliphatic hydroxyl groups excluding tert-OH is 2. The van der Waals surface area contributed by atoms with Gasteiger partial charge in [-0.05, 0) is 0 Å². The first-order chi connectivity index (χ1) is 10.8. The number of nitrogen functional groups attached to an aromatic ring is 1. The van der Waals surface area contributed by atoms with Gasteiger partial charge in [-0.25, -0.2) is 23.4 Å². The molecular formula is C12H15N5O5S. The smallest absolute Gasteiger partial charge is 0.173 e. The molecule has 4 atom stereocenters. The van der Waals surface area contributed by atoms with Crippen LogP contribution in [-0.2, 0) is 14.6 Å². The van der Waals surface area contributed by atoms with E-state index in [1.54, 1.807) is 0 Å². The van der Waals surface area contributed by atoms with E-state index in [2.05, 4.69) is 21.5 Å². The molecule has 3 heterocycles. The lowest BCUT2D eigenvalue weighted by Crippen LogP contribution is -2.34. The Morgan fingerprint density at radius 1 is 1.35 bits per heavy atom. The Kier molecular flexibility index (Phi) is 3.80. The maximum atomic E-state index is 11.6. The Hall–Kier alpha value is -2.08. The van der Waals surface area contributed by atoms with Gasteiger partial charge in [0.2, 0.25) is 0 Å². The van der Waals surface area contributed by atoms with Crippen molar-refractivity contribution in [2.75, 3.05) is 11.5 Å². The number of nitrogens with zero attached hydrogens (tertiary/aromatic N) is 4. The van der Waals surface area contributed by atoms with Crippen molar-refractivity contribution in [3.63, 3.8) is 0 Å². The van der Waals surface area contributed by atoms with Crippen molar-refractivity contribution in [3.05, 3.63) is 24.6 Å². The predicted molar refractivity (Wildman–Crippen MR) is 79.6 cm³/mol. The molecule has 0 aliphatic carbocycles. The fourth-order valence-electron chi connectivity index (χ4n) is 2.45. The van der Waals surface area contributed by atoms with E-state index in [1.165, 1.54) is 17.2 Å². The fourth-order valence-corrected chi connectivity index (χ4v) is 3.32. The molecule has 0 saturated carbocycles. The predicted octanol–water partition coefficient (Wildman–Crippen LogP) is -1.41. The van der Waals surface area contributed by atoms with Crippen molar-refractivity contribution in [1.82, 2.24) is 19.5 Å². The van der Waals surface area contributed by atoms with E-state index in [0.717, 1.165) is 5.41 Å². The molecule has 2 aromatic heterocycles. The first kappa shape index (κ1) is 15.8. The van der Waals surface area contributed by atoms with Gasteiger partial charge in [0.25, 0.3) is 0 Å². The second-order valence-corrected chi connectivity index (χ2v) is 7.12. The van der Waals surface area contributed by atoms with Gasteiger partial charge in [0, 0.05) is 5.41 Å². The summed E-state index contributed by atoms with van der Waals surface area (Å²) in [6.07, 6.45) is -2.32. The van der Waals surface area contributed by atoms with Crippen molar-refractivity contribution in [2.24, 2.45) is 0 Å².